The molecule has 1 saturated carbocycles. The maximum Gasteiger partial charge on any atom is 0.0695 e. The van der Waals surface area contributed by atoms with Gasteiger partial charge in [0.25, 0.3) is 0 Å². The van der Waals surface area contributed by atoms with E-state index in [1.165, 1.54) is 19.3 Å². The van der Waals surface area contributed by atoms with Crippen molar-refractivity contribution in [3.05, 3.63) is 0 Å². The molecule has 4 unspecified atom stereocenters. The molecule has 1 N–H and O–H groups in total. The molecule has 2 aliphatic rings. The molecular formula is C14H27NO2. The van der Waals surface area contributed by atoms with Gasteiger partial charge in [0.1, 0.15) is 0 Å². The molecule has 2 fully saturated rings. The molecule has 100 valence electrons. The van der Waals surface area contributed by atoms with E-state index in [1.807, 2.05) is 0 Å². The normalized spacial score (nSPS) is 39.5. The zero-order valence-corrected chi connectivity index (χ0v) is 11.3. The minimum Gasteiger partial charge on any atom is -0.391 e. The third-order valence-corrected chi connectivity index (χ3v) is 4.41. The van der Waals surface area contributed by atoms with E-state index < -0.39 is 0 Å². The SMILES string of the molecule is CC1CCC(O)C(N(C)CC2CCCOC2)C1. The van der Waals surface area contributed by atoms with Gasteiger partial charge in [0, 0.05) is 19.2 Å². The zero-order chi connectivity index (χ0) is 12.3. The highest BCUT2D eigenvalue weighted by molar-refractivity contribution is 4.85. The molecule has 4 atom stereocenters. The Hall–Kier alpha value is -0.120. The van der Waals surface area contributed by atoms with E-state index in [0.717, 1.165) is 38.5 Å². The topological polar surface area (TPSA) is 32.7 Å². The predicted octanol–water partition coefficient (Wildman–Crippen LogP) is 1.89. The Morgan fingerprint density at radius 3 is 2.82 bits per heavy atom. The summed E-state index contributed by atoms with van der Waals surface area (Å²) in [5.74, 6) is 1.42. The Labute approximate surface area is 105 Å². The highest BCUT2D eigenvalue weighted by atomic mass is 16.5. The predicted molar refractivity (Wildman–Crippen MR) is 69.0 cm³/mol. The summed E-state index contributed by atoms with van der Waals surface area (Å²) in [6.45, 7) is 5.22. The van der Waals surface area contributed by atoms with E-state index in [1.54, 1.807) is 0 Å². The molecule has 2 rings (SSSR count). The lowest BCUT2D eigenvalue weighted by Crippen LogP contribution is -2.47. The van der Waals surface area contributed by atoms with Gasteiger partial charge in [-0.1, -0.05) is 6.92 Å². The second kappa shape index (κ2) is 6.17. The number of hydrogen-bond acceptors (Lipinski definition) is 3. The van der Waals surface area contributed by atoms with Crippen molar-refractivity contribution in [3.63, 3.8) is 0 Å². The summed E-state index contributed by atoms with van der Waals surface area (Å²) in [5.41, 5.74) is 0. The monoisotopic (exact) mass is 241 g/mol. The van der Waals surface area contributed by atoms with Gasteiger partial charge in [0.15, 0.2) is 0 Å². The fourth-order valence-corrected chi connectivity index (χ4v) is 3.30. The maximum atomic E-state index is 10.1. The average Bonchev–Trinajstić information content (AvgIpc) is 2.33. The second-order valence-electron chi connectivity index (χ2n) is 6.08. The molecule has 0 aromatic heterocycles. The van der Waals surface area contributed by atoms with E-state index in [-0.39, 0.29) is 6.10 Å². The van der Waals surface area contributed by atoms with Gasteiger partial charge < -0.3 is 14.7 Å². The van der Waals surface area contributed by atoms with Gasteiger partial charge in [0.05, 0.1) is 12.7 Å². The quantitative estimate of drug-likeness (QED) is 0.819. The number of rotatable bonds is 3. The number of ether oxygens (including phenoxy) is 1. The van der Waals surface area contributed by atoms with Crippen molar-refractivity contribution in [2.75, 3.05) is 26.8 Å². The van der Waals surface area contributed by atoms with E-state index >= 15 is 0 Å². The number of nitrogens with zero attached hydrogens (tertiary/aromatic N) is 1. The van der Waals surface area contributed by atoms with E-state index in [4.69, 9.17) is 4.74 Å². The van der Waals surface area contributed by atoms with Gasteiger partial charge in [-0.3, -0.25) is 0 Å². The number of hydrogen-bond donors (Lipinski definition) is 1. The standard InChI is InChI=1S/C14H27NO2/c1-11-5-6-14(16)13(8-11)15(2)9-12-4-3-7-17-10-12/h11-14,16H,3-10H2,1-2H3. The maximum absolute atomic E-state index is 10.1. The molecule has 3 heteroatoms. The van der Waals surface area contributed by atoms with Crippen molar-refractivity contribution in [1.29, 1.82) is 0 Å². The Morgan fingerprint density at radius 1 is 1.29 bits per heavy atom. The van der Waals surface area contributed by atoms with Gasteiger partial charge in [-0.25, -0.2) is 0 Å². The summed E-state index contributed by atoms with van der Waals surface area (Å²) < 4.78 is 5.53. The molecule has 0 bridgehead atoms. The largest absolute Gasteiger partial charge is 0.391 e. The number of aliphatic hydroxyl groups excluding tert-OH is 1. The van der Waals surface area contributed by atoms with Gasteiger partial charge >= 0.3 is 0 Å². The lowest BCUT2D eigenvalue weighted by molar-refractivity contribution is -0.00895. The molecule has 0 spiro atoms. The first kappa shape index (κ1) is 13.3. The molecule has 1 saturated heterocycles. The Balaban J connectivity index is 1.82. The number of aliphatic hydroxyl groups is 1. The smallest absolute Gasteiger partial charge is 0.0695 e. The minimum atomic E-state index is -0.124. The molecule has 0 radical (unpaired) electrons. The van der Waals surface area contributed by atoms with Crippen molar-refractivity contribution in [2.45, 2.75) is 51.2 Å². The fourth-order valence-electron chi connectivity index (χ4n) is 3.30. The van der Waals surface area contributed by atoms with Crippen molar-refractivity contribution >= 4 is 0 Å². The van der Waals surface area contributed by atoms with Crippen LogP contribution in [-0.2, 0) is 4.74 Å². The van der Waals surface area contributed by atoms with Crippen LogP contribution in [0.4, 0.5) is 0 Å². The summed E-state index contributed by atoms with van der Waals surface area (Å²) in [4.78, 5) is 2.37. The fraction of sp³-hybridized carbons (Fsp3) is 1.00. The highest BCUT2D eigenvalue weighted by Gasteiger charge is 2.31. The van der Waals surface area contributed by atoms with Crippen molar-refractivity contribution < 1.29 is 9.84 Å². The highest BCUT2D eigenvalue weighted by Crippen LogP contribution is 2.28. The average molecular weight is 241 g/mol. The molecule has 3 nitrogen and oxygen atoms in total. The molecular weight excluding hydrogens is 214 g/mol. The van der Waals surface area contributed by atoms with Crippen LogP contribution in [0.1, 0.15) is 39.0 Å². The summed E-state index contributed by atoms with van der Waals surface area (Å²) in [7, 11) is 2.17. The third-order valence-electron chi connectivity index (χ3n) is 4.41. The second-order valence-corrected chi connectivity index (χ2v) is 6.08. The summed E-state index contributed by atoms with van der Waals surface area (Å²) >= 11 is 0. The summed E-state index contributed by atoms with van der Waals surface area (Å²) in [6.07, 6.45) is 5.64. The van der Waals surface area contributed by atoms with Gasteiger partial charge in [-0.15, -0.1) is 0 Å². The zero-order valence-electron chi connectivity index (χ0n) is 11.3. The van der Waals surface area contributed by atoms with Gasteiger partial charge in [0.2, 0.25) is 0 Å². The molecule has 1 aliphatic heterocycles. The van der Waals surface area contributed by atoms with Crippen molar-refractivity contribution in [1.82, 2.24) is 4.90 Å². The summed E-state index contributed by atoms with van der Waals surface area (Å²) in [6, 6.07) is 0.362. The third kappa shape index (κ3) is 3.67. The molecule has 1 heterocycles. The van der Waals surface area contributed by atoms with Crippen LogP contribution in [0.5, 0.6) is 0 Å². The van der Waals surface area contributed by atoms with Crippen LogP contribution in [-0.4, -0.2) is 49.0 Å². The first-order valence-electron chi connectivity index (χ1n) is 7.13. The Morgan fingerprint density at radius 2 is 2.12 bits per heavy atom. The van der Waals surface area contributed by atoms with Crippen molar-refractivity contribution in [2.24, 2.45) is 11.8 Å². The van der Waals surface area contributed by atoms with Gasteiger partial charge in [-0.2, -0.15) is 0 Å². The van der Waals surface area contributed by atoms with Crippen LogP contribution >= 0.6 is 0 Å². The van der Waals surface area contributed by atoms with E-state index in [2.05, 4.69) is 18.9 Å². The van der Waals surface area contributed by atoms with Gasteiger partial charge in [-0.05, 0) is 51.0 Å². The van der Waals surface area contributed by atoms with E-state index in [9.17, 15) is 5.11 Å². The molecule has 1 aliphatic carbocycles. The Bertz CT molecular complexity index is 228. The van der Waals surface area contributed by atoms with Crippen LogP contribution in [0.25, 0.3) is 0 Å². The van der Waals surface area contributed by atoms with Crippen LogP contribution in [0, 0.1) is 11.8 Å². The first-order chi connectivity index (χ1) is 8.16. The number of likely N-dealkylation sites (N-methyl/N-ethyl adjacent to an activating group) is 1. The van der Waals surface area contributed by atoms with Crippen molar-refractivity contribution in [3.8, 4) is 0 Å². The van der Waals surface area contributed by atoms with Crippen LogP contribution < -0.4 is 0 Å². The summed E-state index contributed by atoms with van der Waals surface area (Å²) in [5, 5.41) is 10.1. The Kier molecular flexibility index (Phi) is 4.83. The van der Waals surface area contributed by atoms with Crippen LogP contribution in [0.15, 0.2) is 0 Å². The van der Waals surface area contributed by atoms with E-state index in [0.29, 0.717) is 12.0 Å². The lowest BCUT2D eigenvalue weighted by atomic mass is 9.84. The molecule has 17 heavy (non-hydrogen) atoms. The lowest BCUT2D eigenvalue weighted by Gasteiger charge is -2.39. The molecule has 0 aromatic carbocycles. The first-order valence-corrected chi connectivity index (χ1v) is 7.13. The van der Waals surface area contributed by atoms with Crippen LogP contribution in [0.2, 0.25) is 0 Å². The van der Waals surface area contributed by atoms with Crippen LogP contribution in [0.3, 0.4) is 0 Å². The molecule has 0 aromatic rings. The minimum absolute atomic E-state index is 0.124. The molecule has 0 amide bonds.